The van der Waals surface area contributed by atoms with Crippen LogP contribution in [0.1, 0.15) is 44.1 Å². The molecule has 0 heterocycles. The van der Waals surface area contributed by atoms with E-state index in [9.17, 15) is 14.7 Å². The lowest BCUT2D eigenvalue weighted by Crippen LogP contribution is -1.99. The Bertz CT molecular complexity index is 510. The van der Waals surface area contributed by atoms with Crippen molar-refractivity contribution in [2.24, 2.45) is 0 Å². The maximum Gasteiger partial charge on any atom is 0.269 e. The molecule has 23 heavy (non-hydrogen) atoms. The summed E-state index contributed by atoms with van der Waals surface area (Å²) in [6, 6.07) is 6.69. The Morgan fingerprint density at radius 1 is 0.913 bits per heavy atom. The van der Waals surface area contributed by atoms with Crippen LogP contribution in [0.2, 0.25) is 0 Å². The van der Waals surface area contributed by atoms with Crippen molar-refractivity contribution in [3.63, 3.8) is 0 Å². The van der Waals surface area contributed by atoms with Crippen molar-refractivity contribution in [1.29, 1.82) is 0 Å². The molecule has 130 valence electrons. The monoisotopic (exact) mass is 343 g/mol. The van der Waals surface area contributed by atoms with Gasteiger partial charge in [0.25, 0.3) is 5.69 Å². The molecule has 7 heteroatoms. The zero-order chi connectivity index (χ0) is 17.1. The summed E-state index contributed by atoms with van der Waals surface area (Å²) in [4.78, 5) is 10.2. The first kappa shape index (κ1) is 19.8. The van der Waals surface area contributed by atoms with Crippen LogP contribution in [-0.4, -0.2) is 34.0 Å². The van der Waals surface area contributed by atoms with E-state index in [-0.39, 0.29) is 5.69 Å². The van der Waals surface area contributed by atoms with Crippen LogP contribution < -0.4 is 0 Å². The van der Waals surface area contributed by atoms with E-state index in [0.717, 1.165) is 50.5 Å². The van der Waals surface area contributed by atoms with Gasteiger partial charge in [0.1, 0.15) is 7.14 Å². The molecule has 0 fully saturated rings. The Balaban J connectivity index is 2.07. The summed E-state index contributed by atoms with van der Waals surface area (Å²) in [5, 5.41) is 28.5. The highest BCUT2D eigenvalue weighted by Crippen LogP contribution is 2.43. The second kappa shape index (κ2) is 10.5. The van der Waals surface area contributed by atoms with Gasteiger partial charge in [-0.05, 0) is 24.8 Å². The predicted molar refractivity (Wildman–Crippen MR) is 91.1 cm³/mol. The normalized spacial score (nSPS) is 11.6. The van der Waals surface area contributed by atoms with E-state index in [1.807, 2.05) is 0 Å². The number of aliphatic hydroxyl groups excluding tert-OH is 2. The SMILES string of the molecule is O=[N+]([O-])c1ccc(CCCCCCCCP(=O)(CO)CO)cc1. The van der Waals surface area contributed by atoms with Gasteiger partial charge < -0.3 is 14.8 Å². The average molecular weight is 343 g/mol. The van der Waals surface area contributed by atoms with Gasteiger partial charge in [0.05, 0.1) is 17.6 Å². The first-order chi connectivity index (χ1) is 11.0. The van der Waals surface area contributed by atoms with Gasteiger partial charge in [0.15, 0.2) is 0 Å². The van der Waals surface area contributed by atoms with Crippen molar-refractivity contribution in [2.45, 2.75) is 44.9 Å². The zero-order valence-corrected chi connectivity index (χ0v) is 14.3. The van der Waals surface area contributed by atoms with E-state index < -0.39 is 24.8 Å². The smallest absolute Gasteiger partial charge is 0.269 e. The van der Waals surface area contributed by atoms with Gasteiger partial charge >= 0.3 is 0 Å². The lowest BCUT2D eigenvalue weighted by molar-refractivity contribution is -0.384. The fourth-order valence-electron chi connectivity index (χ4n) is 2.41. The third-order valence-corrected chi connectivity index (χ3v) is 6.11. The van der Waals surface area contributed by atoms with Crippen molar-refractivity contribution in [2.75, 3.05) is 18.9 Å². The van der Waals surface area contributed by atoms with Crippen molar-refractivity contribution in [3.05, 3.63) is 39.9 Å². The van der Waals surface area contributed by atoms with Crippen LogP contribution >= 0.6 is 7.14 Å². The summed E-state index contributed by atoms with van der Waals surface area (Å²) < 4.78 is 11.8. The van der Waals surface area contributed by atoms with E-state index in [1.165, 1.54) is 12.1 Å². The lowest BCUT2D eigenvalue weighted by atomic mass is 10.0. The molecule has 2 N–H and O–H groups in total. The van der Waals surface area contributed by atoms with Crippen molar-refractivity contribution >= 4 is 12.8 Å². The number of hydrogen-bond donors (Lipinski definition) is 2. The molecule has 0 saturated carbocycles. The quantitative estimate of drug-likeness (QED) is 0.261. The summed E-state index contributed by atoms with van der Waals surface area (Å²) in [6.07, 6.45) is 6.55. The molecule has 0 aliphatic carbocycles. The van der Waals surface area contributed by atoms with Gasteiger partial charge in [0, 0.05) is 18.3 Å². The lowest BCUT2D eigenvalue weighted by Gasteiger charge is -2.11. The van der Waals surface area contributed by atoms with Crippen LogP contribution in [0.3, 0.4) is 0 Å². The first-order valence-electron chi connectivity index (χ1n) is 8.03. The largest absolute Gasteiger partial charge is 0.389 e. The van der Waals surface area contributed by atoms with Gasteiger partial charge in [-0.15, -0.1) is 0 Å². The van der Waals surface area contributed by atoms with Crippen molar-refractivity contribution in [3.8, 4) is 0 Å². The summed E-state index contributed by atoms with van der Waals surface area (Å²) in [5.41, 5.74) is 1.24. The minimum Gasteiger partial charge on any atom is -0.389 e. The molecule has 1 rings (SSSR count). The molecule has 0 amide bonds. The van der Waals surface area contributed by atoms with Gasteiger partial charge in [-0.2, -0.15) is 0 Å². The molecule has 0 saturated heterocycles. The van der Waals surface area contributed by atoms with E-state index >= 15 is 0 Å². The molecule has 0 atom stereocenters. The Labute approximate surface area is 137 Å². The molecule has 1 aromatic carbocycles. The molecule has 0 spiro atoms. The van der Waals surface area contributed by atoms with Crippen LogP contribution in [0.25, 0.3) is 0 Å². The van der Waals surface area contributed by atoms with Crippen LogP contribution in [0.4, 0.5) is 5.69 Å². The number of nitro benzene ring substituents is 1. The summed E-state index contributed by atoms with van der Waals surface area (Å²) >= 11 is 0. The molecule has 0 aliphatic rings. The van der Waals surface area contributed by atoms with Gasteiger partial charge in [0.2, 0.25) is 0 Å². The van der Waals surface area contributed by atoms with E-state index in [0.29, 0.717) is 6.16 Å². The van der Waals surface area contributed by atoms with Crippen molar-refractivity contribution < 1.29 is 19.7 Å². The Morgan fingerprint density at radius 2 is 1.43 bits per heavy atom. The summed E-state index contributed by atoms with van der Waals surface area (Å²) in [6.45, 7) is 0. The highest BCUT2D eigenvalue weighted by molar-refractivity contribution is 7.63. The Morgan fingerprint density at radius 3 is 1.96 bits per heavy atom. The number of hydrogen-bond acceptors (Lipinski definition) is 5. The fraction of sp³-hybridized carbons (Fsp3) is 0.625. The molecular formula is C16H26NO5P. The fourth-order valence-corrected chi connectivity index (χ4v) is 3.58. The number of unbranched alkanes of at least 4 members (excludes halogenated alkanes) is 5. The van der Waals surface area contributed by atoms with Gasteiger partial charge in [-0.3, -0.25) is 10.1 Å². The topological polar surface area (TPSA) is 101 Å². The minimum atomic E-state index is -2.73. The number of aliphatic hydroxyl groups is 2. The number of nitro groups is 1. The number of nitrogens with zero attached hydrogens (tertiary/aromatic N) is 1. The number of aryl methyl sites for hydroxylation is 1. The number of non-ortho nitro benzene ring substituents is 1. The maximum absolute atomic E-state index is 11.8. The summed E-state index contributed by atoms with van der Waals surface area (Å²) in [5.74, 6) is 0. The second-order valence-corrected chi connectivity index (χ2v) is 8.99. The number of rotatable bonds is 12. The molecule has 0 aliphatic heterocycles. The Kier molecular flexibility index (Phi) is 9.07. The van der Waals surface area contributed by atoms with Gasteiger partial charge in [-0.25, -0.2) is 0 Å². The molecular weight excluding hydrogens is 317 g/mol. The highest BCUT2D eigenvalue weighted by atomic mass is 31.2. The van der Waals surface area contributed by atoms with Crippen LogP contribution in [0.5, 0.6) is 0 Å². The third kappa shape index (κ3) is 7.73. The van der Waals surface area contributed by atoms with E-state index in [4.69, 9.17) is 10.2 Å². The minimum absolute atomic E-state index is 0.122. The van der Waals surface area contributed by atoms with E-state index in [2.05, 4.69) is 0 Å². The zero-order valence-electron chi connectivity index (χ0n) is 13.4. The van der Waals surface area contributed by atoms with Crippen molar-refractivity contribution in [1.82, 2.24) is 0 Å². The first-order valence-corrected chi connectivity index (χ1v) is 10.3. The van der Waals surface area contributed by atoms with Gasteiger partial charge in [-0.1, -0.05) is 37.8 Å². The van der Waals surface area contributed by atoms with Crippen LogP contribution in [0.15, 0.2) is 24.3 Å². The highest BCUT2D eigenvalue weighted by Gasteiger charge is 2.18. The Hall–Kier alpha value is -1.23. The maximum atomic E-state index is 11.8. The van der Waals surface area contributed by atoms with Crippen LogP contribution in [-0.2, 0) is 11.0 Å². The molecule has 6 nitrogen and oxygen atoms in total. The molecule has 1 aromatic rings. The average Bonchev–Trinajstić information content (AvgIpc) is 2.57. The molecule has 0 unspecified atom stereocenters. The predicted octanol–water partition coefficient (Wildman–Crippen LogP) is 3.74. The molecule has 0 radical (unpaired) electrons. The third-order valence-electron chi connectivity index (χ3n) is 3.94. The standard InChI is InChI=1S/C16H26NO5P/c18-13-23(22,14-19)12-6-4-2-1-3-5-7-15-8-10-16(11-9-15)17(20)21/h8-11,18-19H,1-7,12-14H2. The second-order valence-electron chi connectivity index (χ2n) is 5.86. The number of benzene rings is 1. The molecule has 0 bridgehead atoms. The summed E-state index contributed by atoms with van der Waals surface area (Å²) in [7, 11) is -2.73. The van der Waals surface area contributed by atoms with Crippen LogP contribution in [0, 0.1) is 10.1 Å². The van der Waals surface area contributed by atoms with E-state index in [1.54, 1.807) is 12.1 Å². The molecule has 0 aromatic heterocycles.